The van der Waals surface area contributed by atoms with E-state index in [1.54, 1.807) is 7.11 Å². The zero-order chi connectivity index (χ0) is 18.1. The Morgan fingerprint density at radius 2 is 2.19 bits per heavy atom. The normalized spacial score (nSPS) is 18.7. The molecule has 1 aliphatic heterocycles. The van der Waals surface area contributed by atoms with E-state index in [9.17, 15) is 4.79 Å². The van der Waals surface area contributed by atoms with Crippen molar-refractivity contribution in [3.8, 4) is 5.00 Å². The van der Waals surface area contributed by atoms with Gasteiger partial charge in [0.05, 0.1) is 12.6 Å². The zero-order valence-corrected chi connectivity index (χ0v) is 16.4. The minimum atomic E-state index is 0.0185. The lowest BCUT2D eigenvalue weighted by molar-refractivity contribution is 0.170. The van der Waals surface area contributed by atoms with E-state index in [0.29, 0.717) is 19.7 Å². The van der Waals surface area contributed by atoms with Crippen LogP contribution in [0.2, 0.25) is 0 Å². The lowest BCUT2D eigenvalue weighted by Gasteiger charge is -2.28. The number of hydrogen-bond acceptors (Lipinski definition) is 3. The second-order valence-electron chi connectivity index (χ2n) is 7.18. The third-order valence-electron chi connectivity index (χ3n) is 5.54. The van der Waals surface area contributed by atoms with Crippen LogP contribution in [0.1, 0.15) is 53.9 Å². The molecule has 0 saturated heterocycles. The summed E-state index contributed by atoms with van der Waals surface area (Å²) in [5.74, 6) is 0. The number of carbonyl (C=O) groups is 1. The van der Waals surface area contributed by atoms with Crippen LogP contribution >= 0.6 is 11.3 Å². The summed E-state index contributed by atoms with van der Waals surface area (Å²) in [6.45, 7) is 4.13. The Balaban J connectivity index is 1.66. The maximum absolute atomic E-state index is 12.9. The van der Waals surface area contributed by atoms with Gasteiger partial charge in [-0.25, -0.2) is 4.79 Å². The van der Waals surface area contributed by atoms with E-state index in [0.717, 1.165) is 12.8 Å². The minimum Gasteiger partial charge on any atom is -0.385 e. The third-order valence-corrected chi connectivity index (χ3v) is 6.88. The smallest absolute Gasteiger partial charge is 0.318 e. The van der Waals surface area contributed by atoms with Crippen LogP contribution in [0.4, 0.5) is 4.79 Å². The van der Waals surface area contributed by atoms with Crippen LogP contribution < -0.4 is 5.32 Å². The van der Waals surface area contributed by atoms with Crippen LogP contribution in [0.25, 0.3) is 5.00 Å². The first-order valence-corrected chi connectivity index (χ1v) is 10.4. The quantitative estimate of drug-likeness (QED) is 0.822. The second kappa shape index (κ2) is 7.45. The maximum atomic E-state index is 12.9. The number of ether oxygens (including phenoxy) is 1. The van der Waals surface area contributed by atoms with Gasteiger partial charge >= 0.3 is 6.03 Å². The number of aryl methyl sites for hydroxylation is 1. The van der Waals surface area contributed by atoms with Gasteiger partial charge in [0.15, 0.2) is 0 Å². The van der Waals surface area contributed by atoms with Crippen LogP contribution in [0.5, 0.6) is 0 Å². The number of methoxy groups -OCH3 is 1. The Morgan fingerprint density at radius 1 is 1.35 bits per heavy atom. The Morgan fingerprint density at radius 3 is 3.04 bits per heavy atom. The van der Waals surface area contributed by atoms with Gasteiger partial charge in [0, 0.05) is 42.6 Å². The molecule has 5 nitrogen and oxygen atoms in total. The van der Waals surface area contributed by atoms with Crippen LogP contribution in [0.3, 0.4) is 0 Å². The SMILES string of the molecule is COCCCNC(=O)N1Cc2c(sc3c2CCCC3)-n2cccc2[C@@H]1C. The highest BCUT2D eigenvalue weighted by Gasteiger charge is 2.32. The van der Waals surface area contributed by atoms with Crippen molar-refractivity contribution in [3.63, 3.8) is 0 Å². The molecule has 2 aromatic rings. The van der Waals surface area contributed by atoms with E-state index < -0.39 is 0 Å². The minimum absolute atomic E-state index is 0.0185. The third kappa shape index (κ3) is 3.05. The molecule has 26 heavy (non-hydrogen) atoms. The lowest BCUT2D eigenvalue weighted by Crippen LogP contribution is -2.41. The summed E-state index contributed by atoms with van der Waals surface area (Å²) in [5, 5.41) is 4.39. The van der Waals surface area contributed by atoms with Gasteiger partial charge in [-0.1, -0.05) is 0 Å². The molecule has 0 radical (unpaired) electrons. The Kier molecular flexibility index (Phi) is 5.05. The van der Waals surface area contributed by atoms with Crippen molar-refractivity contribution in [2.75, 3.05) is 20.3 Å². The van der Waals surface area contributed by atoms with Crippen LogP contribution in [0.15, 0.2) is 18.3 Å². The summed E-state index contributed by atoms with van der Waals surface area (Å²) in [5.41, 5.74) is 4.05. The average Bonchev–Trinajstić information content (AvgIpc) is 3.24. The highest BCUT2D eigenvalue weighted by atomic mass is 32.1. The molecular formula is C20H27N3O2S. The van der Waals surface area contributed by atoms with Gasteiger partial charge < -0.3 is 19.5 Å². The number of nitrogens with zero attached hydrogens (tertiary/aromatic N) is 2. The van der Waals surface area contributed by atoms with Crippen molar-refractivity contribution < 1.29 is 9.53 Å². The molecule has 1 N–H and O–H groups in total. The molecule has 1 atom stereocenters. The number of thiophene rings is 1. The summed E-state index contributed by atoms with van der Waals surface area (Å²) in [6.07, 6.45) is 7.85. The fourth-order valence-electron chi connectivity index (χ4n) is 4.12. The first-order valence-electron chi connectivity index (χ1n) is 9.55. The Hall–Kier alpha value is -1.79. The molecule has 6 heteroatoms. The highest BCUT2D eigenvalue weighted by molar-refractivity contribution is 7.15. The predicted molar refractivity (Wildman–Crippen MR) is 104 cm³/mol. The summed E-state index contributed by atoms with van der Waals surface area (Å²) in [7, 11) is 1.69. The molecule has 2 aromatic heterocycles. The molecule has 3 heterocycles. The summed E-state index contributed by atoms with van der Waals surface area (Å²) in [4.78, 5) is 16.4. The molecule has 2 amide bonds. The van der Waals surface area contributed by atoms with Crippen molar-refractivity contribution >= 4 is 17.4 Å². The molecule has 4 rings (SSSR count). The van der Waals surface area contributed by atoms with E-state index in [4.69, 9.17) is 4.74 Å². The first kappa shape index (κ1) is 17.6. The highest BCUT2D eigenvalue weighted by Crippen LogP contribution is 2.42. The number of amides is 2. The van der Waals surface area contributed by atoms with E-state index >= 15 is 0 Å². The Bertz CT molecular complexity index is 795. The van der Waals surface area contributed by atoms with Crippen LogP contribution in [0, 0.1) is 0 Å². The molecular weight excluding hydrogens is 346 g/mol. The van der Waals surface area contributed by atoms with Crippen LogP contribution in [-0.2, 0) is 24.1 Å². The summed E-state index contributed by atoms with van der Waals surface area (Å²) < 4.78 is 7.38. The Labute approximate surface area is 159 Å². The van der Waals surface area contributed by atoms with Gasteiger partial charge in [-0.05, 0) is 56.7 Å². The number of nitrogens with one attached hydrogen (secondary N) is 1. The van der Waals surface area contributed by atoms with Gasteiger partial charge in [-0.3, -0.25) is 0 Å². The maximum Gasteiger partial charge on any atom is 0.318 e. The number of carbonyl (C=O) groups excluding carboxylic acids is 1. The second-order valence-corrected chi connectivity index (χ2v) is 8.26. The summed E-state index contributed by atoms with van der Waals surface area (Å²) in [6, 6.07) is 4.30. The van der Waals surface area contributed by atoms with Crippen molar-refractivity contribution in [2.45, 2.75) is 51.6 Å². The fourth-order valence-corrected chi connectivity index (χ4v) is 5.53. The van der Waals surface area contributed by atoms with Crippen molar-refractivity contribution in [1.29, 1.82) is 0 Å². The molecule has 0 fully saturated rings. The van der Waals surface area contributed by atoms with Gasteiger partial charge in [-0.15, -0.1) is 11.3 Å². The predicted octanol–water partition coefficient (Wildman–Crippen LogP) is 4.04. The average molecular weight is 374 g/mol. The molecule has 2 aliphatic rings. The monoisotopic (exact) mass is 373 g/mol. The van der Waals surface area contributed by atoms with Gasteiger partial charge in [0.25, 0.3) is 0 Å². The van der Waals surface area contributed by atoms with E-state index in [1.807, 2.05) is 16.2 Å². The number of rotatable bonds is 4. The molecule has 0 bridgehead atoms. The van der Waals surface area contributed by atoms with Crippen molar-refractivity contribution in [1.82, 2.24) is 14.8 Å². The molecule has 0 unspecified atom stereocenters. The van der Waals surface area contributed by atoms with Gasteiger partial charge in [0.2, 0.25) is 0 Å². The molecule has 140 valence electrons. The summed E-state index contributed by atoms with van der Waals surface area (Å²) >= 11 is 1.93. The van der Waals surface area contributed by atoms with Crippen LogP contribution in [-0.4, -0.2) is 35.8 Å². The van der Waals surface area contributed by atoms with Crippen molar-refractivity contribution in [2.24, 2.45) is 0 Å². The van der Waals surface area contributed by atoms with Gasteiger partial charge in [-0.2, -0.15) is 0 Å². The van der Waals surface area contributed by atoms with Crippen molar-refractivity contribution in [3.05, 3.63) is 40.0 Å². The van der Waals surface area contributed by atoms with E-state index in [-0.39, 0.29) is 12.1 Å². The number of aromatic nitrogens is 1. The molecule has 0 saturated carbocycles. The fraction of sp³-hybridized carbons (Fsp3) is 0.550. The number of urea groups is 1. The first-order chi connectivity index (χ1) is 12.7. The van der Waals surface area contributed by atoms with E-state index in [2.05, 4.69) is 35.1 Å². The topological polar surface area (TPSA) is 46.5 Å². The standard InChI is InChI=1S/C20H27N3O2S/c1-14-17-8-5-11-22(17)19-16(15-7-3-4-9-18(15)26-19)13-23(14)20(24)21-10-6-12-25-2/h5,8,11,14H,3-4,6-7,9-10,12-13H2,1-2H3,(H,21,24)/t14-/m0/s1. The number of hydrogen-bond donors (Lipinski definition) is 1. The molecule has 0 aromatic carbocycles. The lowest BCUT2D eigenvalue weighted by atomic mass is 9.95. The zero-order valence-electron chi connectivity index (χ0n) is 15.6. The molecule has 1 aliphatic carbocycles. The number of fused-ring (bicyclic) bond motifs is 5. The molecule has 0 spiro atoms. The van der Waals surface area contributed by atoms with E-state index in [1.165, 1.54) is 46.0 Å². The van der Waals surface area contributed by atoms with Gasteiger partial charge in [0.1, 0.15) is 5.00 Å². The largest absolute Gasteiger partial charge is 0.385 e.